The van der Waals surface area contributed by atoms with E-state index in [1.807, 2.05) is 49.0 Å². The average Bonchev–Trinajstić information content (AvgIpc) is 2.96. The van der Waals surface area contributed by atoms with Crippen molar-refractivity contribution in [2.24, 2.45) is 13.0 Å². The van der Waals surface area contributed by atoms with E-state index in [-0.39, 0.29) is 5.56 Å². The van der Waals surface area contributed by atoms with Gasteiger partial charge in [-0.05, 0) is 57.2 Å². The molecule has 158 valence electrons. The molecule has 4 rings (SSSR count). The van der Waals surface area contributed by atoms with Crippen LogP contribution >= 0.6 is 0 Å². The van der Waals surface area contributed by atoms with Gasteiger partial charge in [-0.15, -0.1) is 0 Å². The Morgan fingerprint density at radius 1 is 1.03 bits per heavy atom. The molecule has 0 spiro atoms. The molecule has 2 heterocycles. The van der Waals surface area contributed by atoms with Gasteiger partial charge in [0.1, 0.15) is 0 Å². The molecule has 2 aliphatic rings. The van der Waals surface area contributed by atoms with Crippen LogP contribution in [0.2, 0.25) is 0 Å². The molecule has 2 aromatic rings. The first kappa shape index (κ1) is 20.4. The van der Waals surface area contributed by atoms with Gasteiger partial charge >= 0.3 is 0 Å². The highest BCUT2D eigenvalue weighted by atomic mass is 16.1. The molecule has 2 fully saturated rings. The number of aromatic nitrogens is 2. The molecule has 1 saturated carbocycles. The van der Waals surface area contributed by atoms with Crippen LogP contribution in [0.15, 0.2) is 35.1 Å². The van der Waals surface area contributed by atoms with Crippen LogP contribution in [0.25, 0.3) is 5.69 Å². The fourth-order valence-electron chi connectivity index (χ4n) is 5.20. The minimum atomic E-state index is 0.0959. The van der Waals surface area contributed by atoms with Crippen molar-refractivity contribution in [3.63, 3.8) is 0 Å². The molecule has 1 atom stereocenters. The summed E-state index contributed by atoms with van der Waals surface area (Å²) < 4.78 is 3.76. The van der Waals surface area contributed by atoms with E-state index in [0.29, 0.717) is 12.6 Å². The lowest BCUT2D eigenvalue weighted by Gasteiger charge is -2.36. The number of para-hydroxylation sites is 1. The van der Waals surface area contributed by atoms with Crippen molar-refractivity contribution in [2.75, 3.05) is 19.6 Å². The summed E-state index contributed by atoms with van der Waals surface area (Å²) in [4.78, 5) is 15.8. The van der Waals surface area contributed by atoms with E-state index in [1.165, 1.54) is 58.0 Å². The molecule has 0 amide bonds. The Morgan fingerprint density at radius 2 is 1.79 bits per heavy atom. The summed E-state index contributed by atoms with van der Waals surface area (Å²) in [5, 5.41) is 3.71. The number of rotatable bonds is 6. The van der Waals surface area contributed by atoms with Crippen LogP contribution in [0, 0.1) is 12.8 Å². The quantitative estimate of drug-likeness (QED) is 0.811. The maximum absolute atomic E-state index is 13.1. The maximum atomic E-state index is 13.1. The van der Waals surface area contributed by atoms with E-state index in [1.54, 1.807) is 4.68 Å². The first-order valence-electron chi connectivity index (χ1n) is 11.4. The molecule has 29 heavy (non-hydrogen) atoms. The Balaban J connectivity index is 1.39. The zero-order valence-electron chi connectivity index (χ0n) is 18.1. The van der Waals surface area contributed by atoms with Gasteiger partial charge in [-0.2, -0.15) is 0 Å². The molecule has 1 N–H and O–H groups in total. The number of benzene rings is 1. The van der Waals surface area contributed by atoms with Crippen molar-refractivity contribution in [3.8, 4) is 5.69 Å². The Hall–Kier alpha value is -1.85. The van der Waals surface area contributed by atoms with Crippen molar-refractivity contribution in [1.29, 1.82) is 0 Å². The van der Waals surface area contributed by atoms with Crippen LogP contribution in [-0.2, 0) is 13.6 Å². The normalized spacial score (nSPS) is 21.5. The Kier molecular flexibility index (Phi) is 6.56. The third kappa shape index (κ3) is 4.67. The van der Waals surface area contributed by atoms with Gasteiger partial charge in [-0.1, -0.05) is 37.5 Å². The summed E-state index contributed by atoms with van der Waals surface area (Å²) in [6.45, 7) is 6.33. The Morgan fingerprint density at radius 3 is 2.55 bits per heavy atom. The largest absolute Gasteiger partial charge is 0.308 e. The lowest BCUT2D eigenvalue weighted by Crippen LogP contribution is -2.47. The molecule has 5 heteroatoms. The molecule has 0 radical (unpaired) electrons. The second kappa shape index (κ2) is 9.31. The van der Waals surface area contributed by atoms with Gasteiger partial charge in [0.15, 0.2) is 0 Å². The third-order valence-corrected chi connectivity index (χ3v) is 6.99. The van der Waals surface area contributed by atoms with E-state index in [9.17, 15) is 4.79 Å². The summed E-state index contributed by atoms with van der Waals surface area (Å²) in [6, 6.07) is 10.4. The predicted molar refractivity (Wildman–Crippen MR) is 119 cm³/mol. The van der Waals surface area contributed by atoms with Gasteiger partial charge in [0.2, 0.25) is 0 Å². The van der Waals surface area contributed by atoms with Crippen LogP contribution in [0.4, 0.5) is 0 Å². The smallest absolute Gasteiger partial charge is 0.276 e. The van der Waals surface area contributed by atoms with Gasteiger partial charge in [-0.25, -0.2) is 4.68 Å². The lowest BCUT2D eigenvalue weighted by molar-refractivity contribution is 0.149. The molecule has 0 bridgehead atoms. The predicted octanol–water partition coefficient (Wildman–Crippen LogP) is 3.62. The number of piperidine rings is 1. The fourth-order valence-corrected chi connectivity index (χ4v) is 5.20. The molecule has 5 nitrogen and oxygen atoms in total. The van der Waals surface area contributed by atoms with E-state index in [2.05, 4.69) is 10.2 Å². The lowest BCUT2D eigenvalue weighted by atomic mass is 9.88. The number of hydrogen-bond acceptors (Lipinski definition) is 3. The minimum absolute atomic E-state index is 0.0959. The van der Waals surface area contributed by atoms with Crippen LogP contribution in [-0.4, -0.2) is 39.9 Å². The first-order chi connectivity index (χ1) is 14.1. The van der Waals surface area contributed by atoms with Crippen LogP contribution in [0.5, 0.6) is 0 Å². The van der Waals surface area contributed by atoms with Crippen molar-refractivity contribution in [2.45, 2.75) is 64.5 Å². The second-order valence-electron chi connectivity index (χ2n) is 9.02. The van der Waals surface area contributed by atoms with Gasteiger partial charge in [0, 0.05) is 38.4 Å². The summed E-state index contributed by atoms with van der Waals surface area (Å²) in [5.41, 5.74) is 2.95. The van der Waals surface area contributed by atoms with Gasteiger partial charge in [-0.3, -0.25) is 9.48 Å². The summed E-state index contributed by atoms with van der Waals surface area (Å²) in [5.74, 6) is 0.900. The number of nitrogens with one attached hydrogen (secondary N) is 1. The van der Waals surface area contributed by atoms with Crippen molar-refractivity contribution in [3.05, 3.63) is 51.9 Å². The summed E-state index contributed by atoms with van der Waals surface area (Å²) >= 11 is 0. The fraction of sp³-hybridized carbons (Fsp3) is 0.625. The number of likely N-dealkylation sites (tertiary alicyclic amines) is 1. The summed E-state index contributed by atoms with van der Waals surface area (Å²) in [7, 11) is 1.97. The van der Waals surface area contributed by atoms with Crippen molar-refractivity contribution >= 4 is 0 Å². The molecule has 1 saturated heterocycles. The van der Waals surface area contributed by atoms with Crippen molar-refractivity contribution < 1.29 is 0 Å². The Labute approximate surface area is 174 Å². The zero-order valence-corrected chi connectivity index (χ0v) is 18.1. The van der Waals surface area contributed by atoms with E-state index in [4.69, 9.17) is 0 Å². The van der Waals surface area contributed by atoms with Gasteiger partial charge < -0.3 is 10.2 Å². The van der Waals surface area contributed by atoms with E-state index in [0.717, 1.165) is 29.4 Å². The second-order valence-corrected chi connectivity index (χ2v) is 9.02. The Bertz CT molecular complexity index is 848. The third-order valence-electron chi connectivity index (χ3n) is 6.99. The highest BCUT2D eigenvalue weighted by Crippen LogP contribution is 2.25. The molecule has 1 aromatic heterocycles. The highest BCUT2D eigenvalue weighted by molar-refractivity contribution is 5.33. The van der Waals surface area contributed by atoms with Crippen LogP contribution < -0.4 is 10.9 Å². The topological polar surface area (TPSA) is 42.2 Å². The van der Waals surface area contributed by atoms with Gasteiger partial charge in [0.05, 0.1) is 11.3 Å². The van der Waals surface area contributed by atoms with E-state index < -0.39 is 0 Å². The molecule has 1 aliphatic heterocycles. The monoisotopic (exact) mass is 396 g/mol. The van der Waals surface area contributed by atoms with Crippen molar-refractivity contribution in [1.82, 2.24) is 19.6 Å². The average molecular weight is 397 g/mol. The first-order valence-corrected chi connectivity index (χ1v) is 11.4. The molecule has 1 aromatic carbocycles. The molecular formula is C24H36N4O. The minimum Gasteiger partial charge on any atom is -0.308 e. The highest BCUT2D eigenvalue weighted by Gasteiger charge is 2.24. The molecule has 1 unspecified atom stereocenters. The van der Waals surface area contributed by atoms with Gasteiger partial charge in [0.25, 0.3) is 5.56 Å². The standard InChI is InChI=1S/C24H36N4O/c1-19-23(24(29)28(26(19)2)22-13-7-4-8-14-22)16-25-21-12-9-15-27(18-21)17-20-10-5-3-6-11-20/h4,7-8,13-14,20-21,25H,3,5-6,9-12,15-18H2,1-2H3. The van der Waals surface area contributed by atoms with E-state index >= 15 is 0 Å². The van der Waals surface area contributed by atoms with Crippen LogP contribution in [0.3, 0.4) is 0 Å². The zero-order chi connectivity index (χ0) is 20.2. The number of nitrogens with zero attached hydrogens (tertiary/aromatic N) is 3. The number of hydrogen-bond donors (Lipinski definition) is 1. The molecule has 1 aliphatic carbocycles. The molecular weight excluding hydrogens is 360 g/mol. The maximum Gasteiger partial charge on any atom is 0.276 e. The SMILES string of the molecule is Cc1c(CNC2CCCN(CC3CCCCC3)C2)c(=O)n(-c2ccccc2)n1C. The van der Waals surface area contributed by atoms with Crippen LogP contribution in [0.1, 0.15) is 56.2 Å². The summed E-state index contributed by atoms with van der Waals surface area (Å²) in [6.07, 6.45) is 9.56.